The molecule has 1 N–H and O–H groups in total. The van der Waals surface area contributed by atoms with Crippen LogP contribution in [0.4, 0.5) is 11.5 Å². The molecule has 274 valence electrons. The fraction of sp³-hybridized carbons (Fsp3) is 0.293. The number of phenolic OH excluding ortho intramolecular Hbond substituents is 1. The van der Waals surface area contributed by atoms with Crippen molar-refractivity contribution in [3.63, 3.8) is 0 Å². The minimum atomic E-state index is -1.29. The molecule has 2 aliphatic heterocycles. The summed E-state index contributed by atoms with van der Waals surface area (Å²) < 4.78 is 8.11. The zero-order valence-corrected chi connectivity index (χ0v) is 32.0. The van der Waals surface area contributed by atoms with E-state index < -0.39 is 35.0 Å². The molecular formula is C41H34Cl2N4O6S. The molecule has 2 saturated heterocycles. The lowest BCUT2D eigenvalue weighted by Crippen LogP contribution is -2.48. The third-order valence-electron chi connectivity index (χ3n) is 12.1. The fourth-order valence-corrected chi connectivity index (χ4v) is 11.0. The number of aryl methyl sites for hydroxylation is 2. The predicted octanol–water partition coefficient (Wildman–Crippen LogP) is 8.07. The summed E-state index contributed by atoms with van der Waals surface area (Å²) >= 11 is 14.0. The predicted molar refractivity (Wildman–Crippen MR) is 207 cm³/mol. The van der Waals surface area contributed by atoms with Gasteiger partial charge in [-0.15, -0.1) is 11.3 Å². The van der Waals surface area contributed by atoms with Gasteiger partial charge in [-0.05, 0) is 104 Å². The van der Waals surface area contributed by atoms with Crippen molar-refractivity contribution in [2.24, 2.45) is 36.1 Å². The molecule has 0 bridgehead atoms. The van der Waals surface area contributed by atoms with Crippen molar-refractivity contribution in [3.05, 3.63) is 99.6 Å². The van der Waals surface area contributed by atoms with Gasteiger partial charge >= 0.3 is 0 Å². The summed E-state index contributed by atoms with van der Waals surface area (Å²) in [7, 11) is 3.16. The van der Waals surface area contributed by atoms with E-state index in [9.17, 15) is 19.5 Å². The van der Waals surface area contributed by atoms with Crippen LogP contribution in [0.3, 0.4) is 0 Å². The van der Waals surface area contributed by atoms with Gasteiger partial charge in [-0.25, -0.2) is 4.90 Å². The molecule has 1 saturated carbocycles. The number of amides is 4. The molecule has 2 aromatic heterocycles. The number of thiophene rings is 1. The van der Waals surface area contributed by atoms with E-state index in [-0.39, 0.29) is 41.5 Å². The molecule has 3 fully saturated rings. The number of hydrogen-bond acceptors (Lipinski definition) is 8. The Bertz CT molecular complexity index is 2510. The van der Waals surface area contributed by atoms with Crippen molar-refractivity contribution >= 4 is 79.8 Å². The molecule has 5 aromatic rings. The second-order valence-electron chi connectivity index (χ2n) is 14.8. The molecule has 4 amide bonds. The smallest absolute Gasteiger partial charge is 0.242 e. The lowest BCUT2D eigenvalue weighted by atomic mass is 9.51. The van der Waals surface area contributed by atoms with Gasteiger partial charge in [0.05, 0.1) is 40.8 Å². The van der Waals surface area contributed by atoms with E-state index in [1.54, 1.807) is 65.5 Å². The number of imide groups is 2. The molecule has 2 aliphatic carbocycles. The number of aromatic hydroxyl groups is 1. The van der Waals surface area contributed by atoms with Gasteiger partial charge in [-0.1, -0.05) is 40.9 Å². The van der Waals surface area contributed by atoms with Crippen LogP contribution in [0, 0.1) is 36.0 Å². The molecule has 4 aliphatic rings. The van der Waals surface area contributed by atoms with Gasteiger partial charge in [0, 0.05) is 33.8 Å². The first-order valence-electron chi connectivity index (χ1n) is 17.6. The Kier molecular flexibility index (Phi) is 7.91. The number of rotatable bonds is 5. The Morgan fingerprint density at radius 2 is 1.65 bits per heavy atom. The number of fused-ring (bicyclic) bond motifs is 5. The second kappa shape index (κ2) is 12.3. The minimum Gasteiger partial charge on any atom is -0.504 e. The maximum absolute atomic E-state index is 15.1. The van der Waals surface area contributed by atoms with Crippen molar-refractivity contribution < 1.29 is 29.0 Å². The van der Waals surface area contributed by atoms with Crippen LogP contribution in [0.15, 0.2) is 78.4 Å². The summed E-state index contributed by atoms with van der Waals surface area (Å²) in [6.45, 7) is 3.83. The number of methoxy groups -OCH3 is 1. The maximum Gasteiger partial charge on any atom is 0.242 e. The van der Waals surface area contributed by atoms with Crippen molar-refractivity contribution in [1.29, 1.82) is 0 Å². The summed E-state index contributed by atoms with van der Waals surface area (Å²) in [5.74, 6) is -4.29. The Hall–Kier alpha value is -4.97. The average molecular weight is 782 g/mol. The molecule has 0 radical (unpaired) electrons. The van der Waals surface area contributed by atoms with Gasteiger partial charge in [0.25, 0.3) is 0 Å². The Balaban J connectivity index is 1.16. The van der Waals surface area contributed by atoms with Crippen LogP contribution in [0.5, 0.6) is 11.5 Å². The summed E-state index contributed by atoms with van der Waals surface area (Å²) in [6.07, 6.45) is 2.49. The first-order valence-corrected chi connectivity index (χ1v) is 19.2. The van der Waals surface area contributed by atoms with Gasteiger partial charge < -0.3 is 9.84 Å². The van der Waals surface area contributed by atoms with Crippen molar-refractivity contribution in [1.82, 2.24) is 9.78 Å². The zero-order chi connectivity index (χ0) is 38.0. The van der Waals surface area contributed by atoms with Gasteiger partial charge in [0.2, 0.25) is 23.6 Å². The number of halogens is 2. The number of anilines is 2. The van der Waals surface area contributed by atoms with E-state index in [1.165, 1.54) is 23.0 Å². The molecule has 54 heavy (non-hydrogen) atoms. The minimum absolute atomic E-state index is 0.0696. The quantitative estimate of drug-likeness (QED) is 0.141. The van der Waals surface area contributed by atoms with Gasteiger partial charge in [-0.3, -0.25) is 28.8 Å². The van der Waals surface area contributed by atoms with Crippen LogP contribution in [0.2, 0.25) is 10.0 Å². The molecule has 13 heteroatoms. The number of phenols is 1. The summed E-state index contributed by atoms with van der Waals surface area (Å²) in [6, 6.07) is 19.0. The standard InChI is InChI=1S/C41H34Cl2N4O6S/c1-19-26-16-22(43)8-14-32(26)54-36(19)29-18-33(45(3)44-29)47-38(50)28-17-27-24(35(41(28,2)40(47)52)20-5-13-30(48)31(15-20)53-4)11-12-25-34(27)39(51)46(37(25)49)23-9-6-21(42)7-10-23/h5-11,13-16,18,25,27-28,34-35,48H,12,17H2,1-4H3. The van der Waals surface area contributed by atoms with Crippen LogP contribution in [-0.2, 0) is 26.2 Å². The molecule has 4 heterocycles. The van der Waals surface area contributed by atoms with Crippen molar-refractivity contribution in [2.75, 3.05) is 16.9 Å². The topological polar surface area (TPSA) is 122 Å². The first-order chi connectivity index (χ1) is 25.8. The Morgan fingerprint density at radius 1 is 0.907 bits per heavy atom. The highest BCUT2D eigenvalue weighted by molar-refractivity contribution is 7.22. The Morgan fingerprint density at radius 3 is 2.39 bits per heavy atom. The number of benzene rings is 3. The number of ether oxygens (including phenoxy) is 1. The number of hydrogen-bond donors (Lipinski definition) is 1. The normalized spacial score (nSPS) is 26.3. The third-order valence-corrected chi connectivity index (χ3v) is 13.9. The molecule has 0 spiro atoms. The average Bonchev–Trinajstić information content (AvgIpc) is 3.82. The van der Waals surface area contributed by atoms with E-state index in [2.05, 4.69) is 0 Å². The highest BCUT2D eigenvalue weighted by Gasteiger charge is 2.68. The number of carbonyl (C=O) groups is 4. The molecule has 3 aromatic carbocycles. The summed E-state index contributed by atoms with van der Waals surface area (Å²) in [5, 5.41) is 17.5. The van der Waals surface area contributed by atoms with E-state index in [0.29, 0.717) is 39.2 Å². The molecule has 9 rings (SSSR count). The number of carbonyl (C=O) groups excluding carboxylic acids is 4. The van der Waals surface area contributed by atoms with Crippen molar-refractivity contribution in [3.8, 4) is 22.1 Å². The summed E-state index contributed by atoms with van der Waals surface area (Å²) in [5.41, 5.74) is 2.26. The number of allylic oxidation sites excluding steroid dienone is 2. The van der Waals surface area contributed by atoms with Gasteiger partial charge in [-0.2, -0.15) is 5.10 Å². The first kappa shape index (κ1) is 34.8. The van der Waals surface area contributed by atoms with Crippen LogP contribution < -0.4 is 14.5 Å². The van der Waals surface area contributed by atoms with E-state index >= 15 is 4.79 Å². The molecule has 6 unspecified atom stereocenters. The maximum atomic E-state index is 15.1. The largest absolute Gasteiger partial charge is 0.504 e. The second-order valence-corrected chi connectivity index (χ2v) is 16.7. The monoisotopic (exact) mass is 780 g/mol. The van der Waals surface area contributed by atoms with E-state index in [4.69, 9.17) is 33.0 Å². The highest BCUT2D eigenvalue weighted by atomic mass is 35.5. The van der Waals surface area contributed by atoms with E-state index in [1.807, 2.05) is 38.1 Å². The van der Waals surface area contributed by atoms with Crippen LogP contribution in [0.25, 0.3) is 20.7 Å². The third kappa shape index (κ3) is 4.80. The number of nitrogens with zero attached hydrogens (tertiary/aromatic N) is 4. The van der Waals surface area contributed by atoms with Gasteiger partial charge in [0.1, 0.15) is 11.5 Å². The van der Waals surface area contributed by atoms with Crippen LogP contribution in [-0.4, -0.2) is 45.6 Å². The SMILES string of the molecule is COc1cc(C2C3=CCC4C(=O)N(c5ccc(Cl)cc5)C(=O)C4C3CC3C(=O)N(c4cc(-c5sc6ccc(Cl)cc6c5C)nn4C)C(=O)C32C)ccc1O. The lowest BCUT2D eigenvalue weighted by Gasteiger charge is -2.49. The molecular weight excluding hydrogens is 747 g/mol. The molecule has 6 atom stereocenters. The Labute approximate surface area is 324 Å². The highest BCUT2D eigenvalue weighted by Crippen LogP contribution is 2.64. The van der Waals surface area contributed by atoms with Crippen LogP contribution in [0.1, 0.15) is 36.8 Å². The van der Waals surface area contributed by atoms with Crippen LogP contribution >= 0.6 is 34.5 Å². The summed E-state index contributed by atoms with van der Waals surface area (Å²) in [4.78, 5) is 61.7. The fourth-order valence-electron chi connectivity index (χ4n) is 9.55. The van der Waals surface area contributed by atoms with Crippen molar-refractivity contribution in [2.45, 2.75) is 32.6 Å². The lowest BCUT2D eigenvalue weighted by molar-refractivity contribution is -0.131. The van der Waals surface area contributed by atoms with Gasteiger partial charge in [0.15, 0.2) is 11.5 Å². The number of aromatic nitrogens is 2. The molecule has 10 nitrogen and oxygen atoms in total. The van der Waals surface area contributed by atoms with E-state index in [0.717, 1.165) is 26.1 Å². The zero-order valence-electron chi connectivity index (χ0n) is 29.7.